The molecule has 0 unspecified atom stereocenters. The number of hydrogen-bond acceptors (Lipinski definition) is 3. The van der Waals surface area contributed by atoms with Crippen LogP contribution < -0.4 is 5.48 Å². The highest BCUT2D eigenvalue weighted by Gasteiger charge is 2.09. The van der Waals surface area contributed by atoms with Gasteiger partial charge in [-0.05, 0) is 42.8 Å². The fourth-order valence-corrected chi connectivity index (χ4v) is 2.15. The zero-order valence-electron chi connectivity index (χ0n) is 8.06. The second-order valence-corrected chi connectivity index (χ2v) is 5.68. The Labute approximate surface area is 91.4 Å². The Kier molecular flexibility index (Phi) is 3.91. The van der Waals surface area contributed by atoms with Crippen LogP contribution in [0, 0.1) is 0 Å². The summed E-state index contributed by atoms with van der Waals surface area (Å²) in [5.41, 5.74) is 2.81. The molecule has 0 fully saturated rings. The molecule has 4 heteroatoms. The van der Waals surface area contributed by atoms with E-state index in [0.29, 0.717) is 0 Å². The molecule has 1 aromatic rings. The zero-order valence-corrected chi connectivity index (χ0v) is 10.5. The summed E-state index contributed by atoms with van der Waals surface area (Å²) in [6, 6.07) is 2.09. The van der Waals surface area contributed by atoms with Gasteiger partial charge in [0.25, 0.3) is 0 Å². The normalized spacial score (nSPS) is 12.0. The lowest BCUT2D eigenvalue weighted by atomic mass is 10.2. The van der Waals surface area contributed by atoms with Gasteiger partial charge in [-0.1, -0.05) is 0 Å². The van der Waals surface area contributed by atoms with Crippen LogP contribution in [-0.2, 0) is 11.4 Å². The number of hydrogen-bond donors (Lipinski definition) is 1. The van der Waals surface area contributed by atoms with Crippen molar-refractivity contribution in [1.29, 1.82) is 0 Å². The van der Waals surface area contributed by atoms with E-state index in [4.69, 9.17) is 4.84 Å². The summed E-state index contributed by atoms with van der Waals surface area (Å²) in [4.78, 5) is 6.64. The monoisotopic (exact) mass is 263 g/mol. The molecule has 0 saturated carbocycles. The van der Waals surface area contributed by atoms with E-state index in [2.05, 4.69) is 32.9 Å². The van der Waals surface area contributed by atoms with E-state index in [1.54, 1.807) is 11.3 Å². The van der Waals surface area contributed by atoms with Crippen molar-refractivity contribution >= 4 is 27.3 Å². The quantitative estimate of drug-likeness (QED) is 0.845. The average molecular weight is 264 g/mol. The fraction of sp³-hybridized carbons (Fsp3) is 0.556. The van der Waals surface area contributed by atoms with Crippen LogP contribution in [0.2, 0.25) is 0 Å². The smallest absolute Gasteiger partial charge is 0.0813 e. The minimum absolute atomic E-state index is 0.130. The molecule has 0 radical (unpaired) electrons. The van der Waals surface area contributed by atoms with E-state index < -0.39 is 0 Å². The summed E-state index contributed by atoms with van der Waals surface area (Å²) >= 11 is 5.12. The van der Waals surface area contributed by atoms with E-state index >= 15 is 0 Å². The third-order valence-corrected chi connectivity index (χ3v) is 2.94. The van der Waals surface area contributed by atoms with E-state index in [0.717, 1.165) is 11.0 Å². The van der Waals surface area contributed by atoms with Crippen molar-refractivity contribution in [1.82, 2.24) is 5.48 Å². The minimum atomic E-state index is -0.130. The Hall–Kier alpha value is 0.1000. The van der Waals surface area contributed by atoms with Gasteiger partial charge in [0.05, 0.1) is 12.1 Å². The van der Waals surface area contributed by atoms with Crippen molar-refractivity contribution in [2.75, 3.05) is 0 Å². The first-order chi connectivity index (χ1) is 5.97. The fourth-order valence-electron chi connectivity index (χ4n) is 0.770. The summed E-state index contributed by atoms with van der Waals surface area (Å²) in [5.74, 6) is 0. The SMILES string of the molecule is CC(C)(C)ONCc1cc(Br)cs1. The van der Waals surface area contributed by atoms with E-state index in [1.807, 2.05) is 20.8 Å². The lowest BCUT2D eigenvalue weighted by Crippen LogP contribution is -2.28. The van der Waals surface area contributed by atoms with Crippen LogP contribution in [0.4, 0.5) is 0 Å². The summed E-state index contributed by atoms with van der Waals surface area (Å²) in [6.07, 6.45) is 0. The first kappa shape index (κ1) is 11.2. The minimum Gasteiger partial charge on any atom is -0.296 e. The van der Waals surface area contributed by atoms with Gasteiger partial charge in [-0.3, -0.25) is 4.84 Å². The summed E-state index contributed by atoms with van der Waals surface area (Å²) < 4.78 is 1.13. The van der Waals surface area contributed by atoms with Crippen LogP contribution in [-0.4, -0.2) is 5.60 Å². The molecule has 1 N–H and O–H groups in total. The van der Waals surface area contributed by atoms with Crippen LogP contribution in [0.15, 0.2) is 15.9 Å². The molecule has 2 nitrogen and oxygen atoms in total. The molecule has 1 aromatic heterocycles. The molecular weight excluding hydrogens is 250 g/mol. The lowest BCUT2D eigenvalue weighted by molar-refractivity contribution is -0.0754. The predicted molar refractivity (Wildman–Crippen MR) is 59.7 cm³/mol. The molecule has 0 spiro atoms. The van der Waals surface area contributed by atoms with Crippen LogP contribution in [0.5, 0.6) is 0 Å². The summed E-state index contributed by atoms with van der Waals surface area (Å²) in [6.45, 7) is 6.81. The summed E-state index contributed by atoms with van der Waals surface area (Å²) in [7, 11) is 0. The molecule has 0 aliphatic rings. The standard InChI is InChI=1S/C9H14BrNOS/c1-9(2,3)12-11-5-8-4-7(10)6-13-8/h4,6,11H,5H2,1-3H3. The maximum absolute atomic E-state index is 5.38. The highest BCUT2D eigenvalue weighted by molar-refractivity contribution is 9.10. The van der Waals surface area contributed by atoms with Gasteiger partial charge in [-0.25, -0.2) is 0 Å². The Morgan fingerprint density at radius 1 is 1.54 bits per heavy atom. The molecule has 0 amide bonds. The molecule has 0 aliphatic heterocycles. The molecule has 0 aliphatic carbocycles. The van der Waals surface area contributed by atoms with Crippen molar-refractivity contribution in [3.63, 3.8) is 0 Å². The van der Waals surface area contributed by atoms with E-state index in [-0.39, 0.29) is 5.60 Å². The van der Waals surface area contributed by atoms with E-state index in [9.17, 15) is 0 Å². The molecule has 0 bridgehead atoms. The molecule has 13 heavy (non-hydrogen) atoms. The van der Waals surface area contributed by atoms with Gasteiger partial charge >= 0.3 is 0 Å². The lowest BCUT2D eigenvalue weighted by Gasteiger charge is -2.18. The van der Waals surface area contributed by atoms with E-state index in [1.165, 1.54) is 4.88 Å². The third-order valence-electron chi connectivity index (χ3n) is 1.25. The maximum Gasteiger partial charge on any atom is 0.0813 e. The second-order valence-electron chi connectivity index (χ2n) is 3.77. The Morgan fingerprint density at radius 2 is 2.23 bits per heavy atom. The van der Waals surface area contributed by atoms with Crippen molar-refractivity contribution in [3.8, 4) is 0 Å². The van der Waals surface area contributed by atoms with Gasteiger partial charge in [0.2, 0.25) is 0 Å². The van der Waals surface area contributed by atoms with Crippen LogP contribution in [0.3, 0.4) is 0 Å². The first-order valence-electron chi connectivity index (χ1n) is 4.11. The number of thiophene rings is 1. The second kappa shape index (κ2) is 4.55. The van der Waals surface area contributed by atoms with Crippen LogP contribution in [0.1, 0.15) is 25.6 Å². The molecular formula is C9H14BrNOS. The maximum atomic E-state index is 5.38. The van der Waals surface area contributed by atoms with Crippen molar-refractivity contribution in [2.24, 2.45) is 0 Å². The van der Waals surface area contributed by atoms with Crippen LogP contribution in [0.25, 0.3) is 0 Å². The zero-order chi connectivity index (χ0) is 9.90. The summed E-state index contributed by atoms with van der Waals surface area (Å²) in [5, 5.41) is 2.06. The van der Waals surface area contributed by atoms with Crippen molar-refractivity contribution in [2.45, 2.75) is 32.9 Å². The Morgan fingerprint density at radius 3 is 2.69 bits per heavy atom. The van der Waals surface area contributed by atoms with Crippen molar-refractivity contribution < 1.29 is 4.84 Å². The van der Waals surface area contributed by atoms with Gasteiger partial charge in [0, 0.05) is 14.7 Å². The van der Waals surface area contributed by atoms with Gasteiger partial charge < -0.3 is 0 Å². The van der Waals surface area contributed by atoms with Crippen LogP contribution >= 0.6 is 27.3 Å². The predicted octanol–water partition coefficient (Wildman–Crippen LogP) is 3.33. The average Bonchev–Trinajstić information content (AvgIpc) is 2.33. The highest BCUT2D eigenvalue weighted by atomic mass is 79.9. The topological polar surface area (TPSA) is 21.3 Å². The molecule has 0 aromatic carbocycles. The third kappa shape index (κ3) is 4.76. The number of nitrogens with one attached hydrogen (secondary N) is 1. The number of hydroxylamine groups is 1. The molecule has 0 atom stereocenters. The van der Waals surface area contributed by atoms with Crippen molar-refractivity contribution in [3.05, 3.63) is 20.8 Å². The molecule has 1 rings (SSSR count). The van der Waals surface area contributed by atoms with Gasteiger partial charge in [0.15, 0.2) is 0 Å². The Bertz CT molecular complexity index is 267. The van der Waals surface area contributed by atoms with Gasteiger partial charge in [0.1, 0.15) is 0 Å². The number of rotatable bonds is 3. The van der Waals surface area contributed by atoms with Gasteiger partial charge in [-0.15, -0.1) is 11.3 Å². The molecule has 1 heterocycles. The highest BCUT2D eigenvalue weighted by Crippen LogP contribution is 2.19. The molecule has 0 saturated heterocycles. The Balaban J connectivity index is 2.28. The first-order valence-corrected chi connectivity index (χ1v) is 5.78. The van der Waals surface area contributed by atoms with Gasteiger partial charge in [-0.2, -0.15) is 5.48 Å². The molecule has 74 valence electrons. The number of halogens is 1. The largest absolute Gasteiger partial charge is 0.296 e.